The third-order valence-corrected chi connectivity index (χ3v) is 4.47. The number of carbonyl (C=O) groups excluding carboxylic acids is 2. The Bertz CT molecular complexity index is 1040. The highest BCUT2D eigenvalue weighted by Crippen LogP contribution is 2.30. The fourth-order valence-corrected chi connectivity index (χ4v) is 2.86. The topological polar surface area (TPSA) is 89.5 Å². The van der Waals surface area contributed by atoms with Crippen LogP contribution in [0.4, 0.5) is 0 Å². The Morgan fingerprint density at radius 1 is 0.531 bits per heavy atom. The minimum Gasteiger partial charge on any atom is -0.493 e. The van der Waals surface area contributed by atoms with Crippen molar-refractivity contribution in [2.75, 3.05) is 28.4 Å². The molecule has 0 unspecified atom stereocenters. The Kier molecular flexibility index (Phi) is 7.17. The zero-order valence-corrected chi connectivity index (χ0v) is 18.0. The van der Waals surface area contributed by atoms with Gasteiger partial charge in [-0.3, -0.25) is 0 Å². The first kappa shape index (κ1) is 22.5. The van der Waals surface area contributed by atoms with Crippen molar-refractivity contribution in [1.29, 1.82) is 0 Å². The molecule has 32 heavy (non-hydrogen) atoms. The monoisotopic (exact) mass is 438 g/mol. The van der Waals surface area contributed by atoms with E-state index in [2.05, 4.69) is 0 Å². The van der Waals surface area contributed by atoms with Gasteiger partial charge in [-0.25, -0.2) is 9.59 Å². The van der Waals surface area contributed by atoms with E-state index in [4.69, 9.17) is 28.4 Å². The Labute approximate surface area is 185 Å². The molecular formula is C24H22O8. The minimum absolute atomic E-state index is 0.211. The van der Waals surface area contributed by atoms with Gasteiger partial charge < -0.3 is 28.4 Å². The SMILES string of the molecule is COc1ccc(C(=O)Oc2cccc(OC(=O)c3ccc(OC)c(OC)c3)c2)cc1OC. The Morgan fingerprint density at radius 2 is 0.938 bits per heavy atom. The summed E-state index contributed by atoms with van der Waals surface area (Å²) in [5.41, 5.74) is 0.547. The molecule has 8 heteroatoms. The summed E-state index contributed by atoms with van der Waals surface area (Å²) < 4.78 is 31.6. The van der Waals surface area contributed by atoms with Crippen LogP contribution in [0.15, 0.2) is 60.7 Å². The van der Waals surface area contributed by atoms with Crippen LogP contribution in [0.2, 0.25) is 0 Å². The standard InChI is InChI=1S/C24H22O8/c1-27-19-10-8-15(12-21(19)29-3)23(25)31-17-6-5-7-18(14-17)32-24(26)16-9-11-20(28-2)22(13-16)30-4/h5-14H,1-4H3. The lowest BCUT2D eigenvalue weighted by Gasteiger charge is -2.11. The van der Waals surface area contributed by atoms with Gasteiger partial charge in [-0.1, -0.05) is 6.07 Å². The molecule has 3 aromatic rings. The normalized spacial score (nSPS) is 10.1. The lowest BCUT2D eigenvalue weighted by Crippen LogP contribution is -2.10. The van der Waals surface area contributed by atoms with Crippen LogP contribution in [0.3, 0.4) is 0 Å². The van der Waals surface area contributed by atoms with Crippen LogP contribution in [0.1, 0.15) is 20.7 Å². The third kappa shape index (κ3) is 5.10. The molecule has 166 valence electrons. The summed E-state index contributed by atoms with van der Waals surface area (Å²) in [4.78, 5) is 25.0. The van der Waals surface area contributed by atoms with Crippen molar-refractivity contribution in [1.82, 2.24) is 0 Å². The maximum absolute atomic E-state index is 12.5. The van der Waals surface area contributed by atoms with Crippen LogP contribution in [-0.4, -0.2) is 40.4 Å². The molecule has 0 saturated heterocycles. The number of carbonyl (C=O) groups is 2. The molecule has 0 heterocycles. The van der Waals surface area contributed by atoms with Crippen molar-refractivity contribution in [3.05, 3.63) is 71.8 Å². The number of hydrogen-bond acceptors (Lipinski definition) is 8. The fraction of sp³-hybridized carbons (Fsp3) is 0.167. The van der Waals surface area contributed by atoms with E-state index in [-0.39, 0.29) is 22.6 Å². The van der Waals surface area contributed by atoms with Gasteiger partial charge in [0, 0.05) is 6.07 Å². The van der Waals surface area contributed by atoms with E-state index in [1.807, 2.05) is 0 Å². The summed E-state index contributed by atoms with van der Waals surface area (Å²) in [5.74, 6) is 1.01. The zero-order valence-electron chi connectivity index (χ0n) is 18.0. The molecule has 0 bridgehead atoms. The highest BCUT2D eigenvalue weighted by molar-refractivity contribution is 5.93. The van der Waals surface area contributed by atoms with Crippen molar-refractivity contribution in [2.45, 2.75) is 0 Å². The van der Waals surface area contributed by atoms with Gasteiger partial charge in [0.25, 0.3) is 0 Å². The molecule has 3 rings (SSSR count). The Morgan fingerprint density at radius 3 is 1.31 bits per heavy atom. The second-order valence-corrected chi connectivity index (χ2v) is 6.39. The second kappa shape index (κ2) is 10.2. The molecule has 8 nitrogen and oxygen atoms in total. The van der Waals surface area contributed by atoms with Gasteiger partial charge in [0.2, 0.25) is 0 Å². The molecule has 3 aromatic carbocycles. The molecule has 0 radical (unpaired) electrons. The maximum atomic E-state index is 12.5. The highest BCUT2D eigenvalue weighted by atomic mass is 16.5. The summed E-state index contributed by atoms with van der Waals surface area (Å²) in [6, 6.07) is 15.6. The van der Waals surface area contributed by atoms with Gasteiger partial charge in [-0.2, -0.15) is 0 Å². The fourth-order valence-electron chi connectivity index (χ4n) is 2.86. The van der Waals surface area contributed by atoms with Gasteiger partial charge >= 0.3 is 11.9 Å². The molecule has 0 aromatic heterocycles. The van der Waals surface area contributed by atoms with Crippen LogP contribution in [0.25, 0.3) is 0 Å². The molecule has 0 amide bonds. The van der Waals surface area contributed by atoms with E-state index in [0.29, 0.717) is 23.0 Å². The van der Waals surface area contributed by atoms with Crippen molar-refractivity contribution in [2.24, 2.45) is 0 Å². The van der Waals surface area contributed by atoms with Crippen molar-refractivity contribution < 1.29 is 38.0 Å². The van der Waals surface area contributed by atoms with Gasteiger partial charge in [0.1, 0.15) is 11.5 Å². The van der Waals surface area contributed by atoms with E-state index in [1.165, 1.54) is 46.6 Å². The molecule has 0 atom stereocenters. The first-order valence-corrected chi connectivity index (χ1v) is 9.47. The van der Waals surface area contributed by atoms with E-state index in [1.54, 1.807) is 42.5 Å². The van der Waals surface area contributed by atoms with E-state index in [9.17, 15) is 9.59 Å². The van der Waals surface area contributed by atoms with Crippen molar-refractivity contribution in [3.8, 4) is 34.5 Å². The smallest absolute Gasteiger partial charge is 0.343 e. The van der Waals surface area contributed by atoms with Crippen molar-refractivity contribution in [3.63, 3.8) is 0 Å². The number of benzene rings is 3. The third-order valence-electron chi connectivity index (χ3n) is 4.47. The first-order chi connectivity index (χ1) is 15.5. The van der Waals surface area contributed by atoms with Crippen LogP contribution in [0, 0.1) is 0 Å². The number of esters is 2. The van der Waals surface area contributed by atoms with E-state index < -0.39 is 11.9 Å². The summed E-state index contributed by atoms with van der Waals surface area (Å²) in [6.45, 7) is 0. The van der Waals surface area contributed by atoms with Crippen LogP contribution < -0.4 is 28.4 Å². The molecule has 0 aliphatic rings. The first-order valence-electron chi connectivity index (χ1n) is 9.47. The van der Waals surface area contributed by atoms with Crippen LogP contribution in [0.5, 0.6) is 34.5 Å². The average molecular weight is 438 g/mol. The number of rotatable bonds is 8. The predicted octanol–water partition coefficient (Wildman–Crippen LogP) is 4.16. The molecule has 0 aliphatic carbocycles. The Hall–Kier alpha value is -4.20. The summed E-state index contributed by atoms with van der Waals surface area (Å²) in [6.07, 6.45) is 0. The van der Waals surface area contributed by atoms with E-state index >= 15 is 0 Å². The largest absolute Gasteiger partial charge is 0.493 e. The van der Waals surface area contributed by atoms with Crippen molar-refractivity contribution >= 4 is 11.9 Å². The zero-order chi connectivity index (χ0) is 23.1. The maximum Gasteiger partial charge on any atom is 0.343 e. The predicted molar refractivity (Wildman–Crippen MR) is 115 cm³/mol. The van der Waals surface area contributed by atoms with E-state index in [0.717, 1.165) is 0 Å². The molecule has 0 aliphatic heterocycles. The summed E-state index contributed by atoms with van der Waals surface area (Å²) in [7, 11) is 5.96. The molecule has 0 saturated carbocycles. The molecular weight excluding hydrogens is 416 g/mol. The van der Waals surface area contributed by atoms with Gasteiger partial charge in [-0.15, -0.1) is 0 Å². The highest BCUT2D eigenvalue weighted by Gasteiger charge is 2.15. The number of methoxy groups -OCH3 is 4. The summed E-state index contributed by atoms with van der Waals surface area (Å²) in [5, 5.41) is 0. The molecule has 0 fully saturated rings. The number of ether oxygens (including phenoxy) is 6. The van der Waals surface area contributed by atoms with Crippen LogP contribution >= 0.6 is 0 Å². The minimum atomic E-state index is -0.602. The van der Waals surface area contributed by atoms with Gasteiger partial charge in [0.15, 0.2) is 23.0 Å². The quantitative estimate of drug-likeness (QED) is 0.383. The second-order valence-electron chi connectivity index (χ2n) is 6.39. The van der Waals surface area contributed by atoms with Crippen LogP contribution in [-0.2, 0) is 0 Å². The van der Waals surface area contributed by atoms with Gasteiger partial charge in [0.05, 0.1) is 39.6 Å². The molecule has 0 N–H and O–H groups in total. The average Bonchev–Trinajstić information content (AvgIpc) is 2.83. The Balaban J connectivity index is 1.73. The summed E-state index contributed by atoms with van der Waals surface area (Å²) >= 11 is 0. The number of hydrogen-bond donors (Lipinski definition) is 0. The lowest BCUT2D eigenvalue weighted by atomic mass is 10.2. The molecule has 0 spiro atoms. The lowest BCUT2D eigenvalue weighted by molar-refractivity contribution is 0.0732. The van der Waals surface area contributed by atoms with Gasteiger partial charge in [-0.05, 0) is 48.5 Å².